The smallest absolute Gasteiger partial charge is 0.250 e. The highest BCUT2D eigenvalue weighted by Gasteiger charge is 2.03. The summed E-state index contributed by atoms with van der Waals surface area (Å²) in [6.45, 7) is 1.04. The van der Waals surface area contributed by atoms with Gasteiger partial charge in [-0.3, -0.25) is 9.59 Å². The molecule has 0 saturated carbocycles. The van der Waals surface area contributed by atoms with Crippen LogP contribution in [0.1, 0.15) is 10.4 Å². The number of anilines is 1. The molecule has 1 aromatic rings. The van der Waals surface area contributed by atoms with E-state index in [1.165, 1.54) is 6.20 Å². The van der Waals surface area contributed by atoms with Crippen LogP contribution in [0.2, 0.25) is 0 Å². The highest BCUT2D eigenvalue weighted by atomic mass is 16.5. The summed E-state index contributed by atoms with van der Waals surface area (Å²) in [6, 6.07) is 3.13. The van der Waals surface area contributed by atoms with Crippen LogP contribution in [0.4, 0.5) is 5.82 Å². The summed E-state index contributed by atoms with van der Waals surface area (Å²) in [7, 11) is 1.56. The molecular weight excluding hydrogens is 236 g/mol. The molecule has 0 aliphatic heterocycles. The van der Waals surface area contributed by atoms with Crippen LogP contribution in [-0.4, -0.2) is 43.6 Å². The van der Waals surface area contributed by atoms with Gasteiger partial charge in [-0.1, -0.05) is 0 Å². The number of hydrogen-bond donors (Lipinski definition) is 3. The minimum Gasteiger partial charge on any atom is -0.383 e. The van der Waals surface area contributed by atoms with Crippen LogP contribution >= 0.6 is 0 Å². The first-order valence-corrected chi connectivity index (χ1v) is 5.39. The molecule has 0 bridgehead atoms. The normalized spacial score (nSPS) is 9.83. The SMILES string of the molecule is COCCNC(=O)CNc1ccc(C(N)=O)cn1. The molecule has 18 heavy (non-hydrogen) atoms. The van der Waals surface area contributed by atoms with Gasteiger partial charge in [0.25, 0.3) is 0 Å². The van der Waals surface area contributed by atoms with Crippen LogP contribution in [0.15, 0.2) is 18.3 Å². The van der Waals surface area contributed by atoms with Gasteiger partial charge in [0.05, 0.1) is 18.7 Å². The second-order valence-electron chi connectivity index (χ2n) is 3.49. The Kier molecular flexibility index (Phi) is 5.59. The van der Waals surface area contributed by atoms with E-state index in [4.69, 9.17) is 10.5 Å². The molecule has 4 N–H and O–H groups in total. The first-order valence-electron chi connectivity index (χ1n) is 5.39. The lowest BCUT2D eigenvalue weighted by atomic mass is 10.3. The molecule has 0 spiro atoms. The zero-order chi connectivity index (χ0) is 13.4. The number of carbonyl (C=O) groups excluding carboxylic acids is 2. The Morgan fingerprint density at radius 2 is 2.22 bits per heavy atom. The topological polar surface area (TPSA) is 106 Å². The van der Waals surface area contributed by atoms with E-state index in [-0.39, 0.29) is 12.5 Å². The molecule has 0 unspecified atom stereocenters. The average Bonchev–Trinajstić information content (AvgIpc) is 2.37. The van der Waals surface area contributed by atoms with E-state index in [9.17, 15) is 9.59 Å². The lowest BCUT2D eigenvalue weighted by Gasteiger charge is -2.06. The van der Waals surface area contributed by atoms with E-state index in [1.807, 2.05) is 0 Å². The quantitative estimate of drug-likeness (QED) is 0.559. The number of amides is 2. The number of carbonyl (C=O) groups is 2. The van der Waals surface area contributed by atoms with Crippen LogP contribution < -0.4 is 16.4 Å². The number of nitrogens with one attached hydrogen (secondary N) is 2. The Bertz CT molecular complexity index is 405. The Labute approximate surface area is 105 Å². The van der Waals surface area contributed by atoms with Crippen LogP contribution in [0.5, 0.6) is 0 Å². The molecular formula is C11H16N4O3. The number of nitrogens with two attached hydrogens (primary N) is 1. The molecule has 1 heterocycles. The summed E-state index contributed by atoms with van der Waals surface area (Å²) < 4.78 is 4.80. The fourth-order valence-corrected chi connectivity index (χ4v) is 1.17. The number of nitrogens with zero attached hydrogens (tertiary/aromatic N) is 1. The van der Waals surface area contributed by atoms with Crippen LogP contribution in [0, 0.1) is 0 Å². The highest BCUT2D eigenvalue weighted by Crippen LogP contribution is 2.03. The summed E-state index contributed by atoms with van der Waals surface area (Å²) in [4.78, 5) is 26.1. The van der Waals surface area contributed by atoms with E-state index in [2.05, 4.69) is 15.6 Å². The van der Waals surface area contributed by atoms with Crippen molar-refractivity contribution in [3.63, 3.8) is 0 Å². The van der Waals surface area contributed by atoms with Gasteiger partial charge in [0, 0.05) is 19.9 Å². The van der Waals surface area contributed by atoms with Gasteiger partial charge in [-0.15, -0.1) is 0 Å². The molecule has 7 heteroatoms. The number of ether oxygens (including phenoxy) is 1. The van der Waals surface area contributed by atoms with Crippen molar-refractivity contribution in [3.8, 4) is 0 Å². The van der Waals surface area contributed by atoms with Gasteiger partial charge in [0.1, 0.15) is 5.82 Å². The van der Waals surface area contributed by atoms with Crippen molar-refractivity contribution in [2.45, 2.75) is 0 Å². The third kappa shape index (κ3) is 4.79. The van der Waals surface area contributed by atoms with Crippen molar-refractivity contribution in [2.24, 2.45) is 5.73 Å². The molecule has 0 radical (unpaired) electrons. The molecule has 0 aliphatic rings. The van der Waals surface area contributed by atoms with Gasteiger partial charge in [-0.2, -0.15) is 0 Å². The Morgan fingerprint density at radius 3 is 2.78 bits per heavy atom. The van der Waals surface area contributed by atoms with Gasteiger partial charge < -0.3 is 21.1 Å². The number of rotatable bonds is 7. The number of aromatic nitrogens is 1. The highest BCUT2D eigenvalue weighted by molar-refractivity contribution is 5.92. The maximum Gasteiger partial charge on any atom is 0.250 e. The maximum atomic E-state index is 11.3. The summed E-state index contributed by atoms with van der Waals surface area (Å²) in [5.74, 6) is -0.193. The molecule has 2 amide bonds. The van der Waals surface area contributed by atoms with Gasteiger partial charge in [-0.05, 0) is 12.1 Å². The van der Waals surface area contributed by atoms with Crippen LogP contribution in [-0.2, 0) is 9.53 Å². The Morgan fingerprint density at radius 1 is 1.44 bits per heavy atom. The molecule has 0 atom stereocenters. The standard InChI is InChI=1S/C11H16N4O3/c1-18-5-4-13-10(16)7-15-9-3-2-8(6-14-9)11(12)17/h2-3,6H,4-5,7H2,1H3,(H2,12,17)(H,13,16)(H,14,15). The van der Waals surface area contributed by atoms with E-state index in [1.54, 1.807) is 19.2 Å². The lowest BCUT2D eigenvalue weighted by molar-refractivity contribution is -0.119. The van der Waals surface area contributed by atoms with Crippen molar-refractivity contribution < 1.29 is 14.3 Å². The summed E-state index contributed by atoms with van der Waals surface area (Å²) in [5, 5.41) is 5.48. The average molecular weight is 252 g/mol. The molecule has 0 aromatic carbocycles. The van der Waals surface area contributed by atoms with Gasteiger partial charge in [-0.25, -0.2) is 4.98 Å². The second-order valence-corrected chi connectivity index (χ2v) is 3.49. The monoisotopic (exact) mass is 252 g/mol. The third-order valence-electron chi connectivity index (χ3n) is 2.11. The number of primary amides is 1. The molecule has 1 rings (SSSR count). The van der Waals surface area contributed by atoms with Crippen molar-refractivity contribution in [1.82, 2.24) is 10.3 Å². The van der Waals surface area contributed by atoms with E-state index in [0.717, 1.165) is 0 Å². The van der Waals surface area contributed by atoms with Crippen LogP contribution in [0.3, 0.4) is 0 Å². The fourth-order valence-electron chi connectivity index (χ4n) is 1.17. The second kappa shape index (κ2) is 7.23. The van der Waals surface area contributed by atoms with Crippen molar-refractivity contribution >= 4 is 17.6 Å². The summed E-state index contributed by atoms with van der Waals surface area (Å²) in [6.07, 6.45) is 1.35. The summed E-state index contributed by atoms with van der Waals surface area (Å²) in [5.41, 5.74) is 5.40. The molecule has 98 valence electrons. The molecule has 0 fully saturated rings. The van der Waals surface area contributed by atoms with E-state index < -0.39 is 5.91 Å². The number of pyridine rings is 1. The zero-order valence-electron chi connectivity index (χ0n) is 10.1. The molecule has 1 aromatic heterocycles. The van der Waals surface area contributed by atoms with Crippen molar-refractivity contribution in [1.29, 1.82) is 0 Å². The van der Waals surface area contributed by atoms with E-state index >= 15 is 0 Å². The Hall–Kier alpha value is -2.15. The van der Waals surface area contributed by atoms with Gasteiger partial charge in [0.2, 0.25) is 11.8 Å². The third-order valence-corrected chi connectivity index (χ3v) is 2.11. The molecule has 7 nitrogen and oxygen atoms in total. The maximum absolute atomic E-state index is 11.3. The largest absolute Gasteiger partial charge is 0.383 e. The van der Waals surface area contributed by atoms with Crippen LogP contribution in [0.25, 0.3) is 0 Å². The van der Waals surface area contributed by atoms with E-state index in [0.29, 0.717) is 24.5 Å². The summed E-state index contributed by atoms with van der Waals surface area (Å²) >= 11 is 0. The first-order chi connectivity index (χ1) is 8.63. The van der Waals surface area contributed by atoms with Crippen molar-refractivity contribution in [3.05, 3.63) is 23.9 Å². The fraction of sp³-hybridized carbons (Fsp3) is 0.364. The van der Waals surface area contributed by atoms with Gasteiger partial charge >= 0.3 is 0 Å². The lowest BCUT2D eigenvalue weighted by Crippen LogP contribution is -2.32. The number of methoxy groups -OCH3 is 1. The minimum atomic E-state index is -0.536. The zero-order valence-corrected chi connectivity index (χ0v) is 10.1. The van der Waals surface area contributed by atoms with Crippen molar-refractivity contribution in [2.75, 3.05) is 32.1 Å². The predicted molar refractivity (Wildman–Crippen MR) is 66.1 cm³/mol. The number of hydrogen-bond acceptors (Lipinski definition) is 5. The first kappa shape index (κ1) is 13.9. The molecule has 0 saturated heterocycles. The van der Waals surface area contributed by atoms with Gasteiger partial charge in [0.15, 0.2) is 0 Å². The minimum absolute atomic E-state index is 0.104. The molecule has 0 aliphatic carbocycles. The Balaban J connectivity index is 2.34. The predicted octanol–water partition coefficient (Wildman–Crippen LogP) is -0.645.